The highest BCUT2D eigenvalue weighted by Crippen LogP contribution is 2.22. The number of rotatable bonds is 5. The monoisotopic (exact) mass is 315 g/mol. The fourth-order valence-corrected chi connectivity index (χ4v) is 2.49. The van der Waals surface area contributed by atoms with E-state index in [-0.39, 0.29) is 5.15 Å². The number of aliphatic hydroxyl groups excluding tert-OH is 1. The number of imidazole rings is 1. The number of hydrogen-bond donors (Lipinski definition) is 3. The van der Waals surface area contributed by atoms with E-state index in [2.05, 4.69) is 10.3 Å². The molecule has 0 aliphatic rings. The van der Waals surface area contributed by atoms with Crippen LogP contribution in [0.15, 0.2) is 17.7 Å². The van der Waals surface area contributed by atoms with Gasteiger partial charge in [-0.2, -0.15) is 0 Å². The molecule has 9 heteroatoms. The van der Waals surface area contributed by atoms with Crippen molar-refractivity contribution in [2.75, 3.05) is 6.61 Å². The zero-order chi connectivity index (χ0) is 14.7. The summed E-state index contributed by atoms with van der Waals surface area (Å²) in [5.74, 6) is -1.95. The number of carbonyl (C=O) groups is 2. The normalized spacial score (nSPS) is 12.9. The molecule has 2 aromatic heterocycles. The van der Waals surface area contributed by atoms with Gasteiger partial charge >= 0.3 is 5.97 Å². The number of halogens is 1. The molecule has 2 rings (SSSR count). The molecule has 0 radical (unpaired) electrons. The summed E-state index contributed by atoms with van der Waals surface area (Å²) in [6, 6.07) is -1.34. The number of fused-ring (bicyclic) bond motifs is 1. The first-order valence-electron chi connectivity index (χ1n) is 5.46. The molecule has 1 atom stereocenters. The van der Waals surface area contributed by atoms with Crippen LogP contribution in [0.3, 0.4) is 0 Å². The van der Waals surface area contributed by atoms with Crippen molar-refractivity contribution in [3.8, 4) is 0 Å². The SMILES string of the molecule is O=C(/C=C/c1c(Cl)nc2sccn12)N[C@@H](CO)C(=O)O. The highest BCUT2D eigenvalue weighted by molar-refractivity contribution is 7.15. The number of carbonyl (C=O) groups excluding carboxylic acids is 1. The number of thiazole rings is 1. The van der Waals surface area contributed by atoms with Crippen LogP contribution in [0.2, 0.25) is 5.15 Å². The molecular weight excluding hydrogens is 306 g/mol. The van der Waals surface area contributed by atoms with Gasteiger partial charge in [-0.3, -0.25) is 9.20 Å². The van der Waals surface area contributed by atoms with Crippen LogP contribution in [0.5, 0.6) is 0 Å². The topological polar surface area (TPSA) is 104 Å². The van der Waals surface area contributed by atoms with Crippen molar-refractivity contribution < 1.29 is 19.8 Å². The van der Waals surface area contributed by atoms with Gasteiger partial charge in [-0.25, -0.2) is 9.78 Å². The van der Waals surface area contributed by atoms with Crippen LogP contribution in [0.25, 0.3) is 11.0 Å². The lowest BCUT2D eigenvalue weighted by molar-refractivity contribution is -0.142. The Bertz CT molecular complexity index is 678. The van der Waals surface area contributed by atoms with E-state index in [1.54, 1.807) is 10.6 Å². The maximum absolute atomic E-state index is 11.6. The molecule has 20 heavy (non-hydrogen) atoms. The zero-order valence-corrected chi connectivity index (χ0v) is 11.6. The zero-order valence-electron chi connectivity index (χ0n) is 9.99. The number of aliphatic hydroxyl groups is 1. The molecule has 3 N–H and O–H groups in total. The average molecular weight is 316 g/mol. The second-order valence-corrected chi connectivity index (χ2v) is 4.99. The predicted octanol–water partition coefficient (Wildman–Crippen LogP) is 0.624. The summed E-state index contributed by atoms with van der Waals surface area (Å²) in [5.41, 5.74) is 0.522. The van der Waals surface area contributed by atoms with Gasteiger partial charge in [0.25, 0.3) is 0 Å². The van der Waals surface area contributed by atoms with Gasteiger partial charge in [0.2, 0.25) is 5.91 Å². The minimum atomic E-state index is -1.34. The van der Waals surface area contributed by atoms with E-state index in [1.165, 1.54) is 17.4 Å². The Balaban J connectivity index is 2.12. The van der Waals surface area contributed by atoms with E-state index in [0.29, 0.717) is 10.7 Å². The van der Waals surface area contributed by atoms with Crippen LogP contribution in [-0.4, -0.2) is 44.1 Å². The number of aliphatic carboxylic acids is 1. The summed E-state index contributed by atoms with van der Waals surface area (Å²) in [5, 5.41) is 21.7. The molecule has 0 unspecified atom stereocenters. The van der Waals surface area contributed by atoms with Crippen LogP contribution in [-0.2, 0) is 9.59 Å². The highest BCUT2D eigenvalue weighted by atomic mass is 35.5. The van der Waals surface area contributed by atoms with Crippen molar-refractivity contribution in [3.05, 3.63) is 28.5 Å². The molecule has 2 heterocycles. The van der Waals surface area contributed by atoms with Gasteiger partial charge in [0, 0.05) is 17.7 Å². The maximum Gasteiger partial charge on any atom is 0.328 e. The molecule has 1 amide bonds. The third-order valence-electron chi connectivity index (χ3n) is 2.44. The van der Waals surface area contributed by atoms with Gasteiger partial charge in [-0.1, -0.05) is 11.6 Å². The first kappa shape index (κ1) is 14.5. The van der Waals surface area contributed by atoms with Crippen molar-refractivity contribution in [1.82, 2.24) is 14.7 Å². The lowest BCUT2D eigenvalue weighted by Gasteiger charge is -2.08. The van der Waals surface area contributed by atoms with E-state index in [4.69, 9.17) is 21.8 Å². The first-order valence-corrected chi connectivity index (χ1v) is 6.72. The molecule has 0 spiro atoms. The van der Waals surface area contributed by atoms with Crippen molar-refractivity contribution in [2.24, 2.45) is 0 Å². The summed E-state index contributed by atoms with van der Waals surface area (Å²) in [6.45, 7) is -0.683. The summed E-state index contributed by atoms with van der Waals surface area (Å²) < 4.78 is 1.71. The Morgan fingerprint density at radius 3 is 3.00 bits per heavy atom. The molecule has 0 bridgehead atoms. The van der Waals surface area contributed by atoms with Crippen molar-refractivity contribution >= 4 is 45.9 Å². The van der Waals surface area contributed by atoms with Gasteiger partial charge in [0.05, 0.1) is 12.3 Å². The first-order chi connectivity index (χ1) is 9.52. The number of carboxylic acid groups (broad SMARTS) is 1. The minimum Gasteiger partial charge on any atom is -0.480 e. The summed E-state index contributed by atoms with van der Waals surface area (Å²) in [4.78, 5) is 27.0. The molecule has 0 saturated carbocycles. The smallest absolute Gasteiger partial charge is 0.328 e. The van der Waals surface area contributed by atoms with Gasteiger partial charge in [0.15, 0.2) is 16.2 Å². The van der Waals surface area contributed by atoms with E-state index >= 15 is 0 Å². The van der Waals surface area contributed by atoms with Crippen molar-refractivity contribution in [2.45, 2.75) is 6.04 Å². The molecule has 2 aromatic rings. The Hall–Kier alpha value is -1.90. The van der Waals surface area contributed by atoms with E-state index in [0.717, 1.165) is 6.08 Å². The summed E-state index contributed by atoms with van der Waals surface area (Å²) in [7, 11) is 0. The van der Waals surface area contributed by atoms with Gasteiger partial charge in [-0.15, -0.1) is 11.3 Å². The van der Waals surface area contributed by atoms with E-state index < -0.39 is 24.5 Å². The fourth-order valence-electron chi connectivity index (χ4n) is 1.49. The maximum atomic E-state index is 11.6. The van der Waals surface area contributed by atoms with Crippen LogP contribution >= 0.6 is 22.9 Å². The number of aromatic nitrogens is 2. The van der Waals surface area contributed by atoms with E-state index in [9.17, 15) is 9.59 Å². The Labute approximate surface area is 122 Å². The quantitative estimate of drug-likeness (QED) is 0.702. The molecule has 7 nitrogen and oxygen atoms in total. The number of carboxylic acids is 1. The van der Waals surface area contributed by atoms with Gasteiger partial charge in [0.1, 0.15) is 0 Å². The molecule has 0 aliphatic carbocycles. The molecular formula is C11H10ClN3O4S. The molecule has 106 valence electrons. The number of amides is 1. The summed E-state index contributed by atoms with van der Waals surface area (Å²) in [6.07, 6.45) is 4.32. The van der Waals surface area contributed by atoms with Crippen LogP contribution in [0.1, 0.15) is 5.69 Å². The molecule has 0 fully saturated rings. The summed E-state index contributed by atoms with van der Waals surface area (Å²) >= 11 is 7.33. The standard InChI is InChI=1S/C11H10ClN3O4S/c12-9-7(15-3-4-20-11(15)14-9)1-2-8(17)13-6(5-16)10(18)19/h1-4,6,16H,5H2,(H,13,17)(H,18,19)/b2-1+/t6-/m0/s1. The van der Waals surface area contributed by atoms with Crippen LogP contribution in [0.4, 0.5) is 0 Å². The number of nitrogens with one attached hydrogen (secondary N) is 1. The third-order valence-corrected chi connectivity index (χ3v) is 3.48. The Morgan fingerprint density at radius 2 is 2.35 bits per heavy atom. The Morgan fingerprint density at radius 1 is 1.60 bits per heavy atom. The van der Waals surface area contributed by atoms with Crippen molar-refractivity contribution in [3.63, 3.8) is 0 Å². The van der Waals surface area contributed by atoms with Crippen LogP contribution < -0.4 is 5.32 Å². The Kier molecular flexibility index (Phi) is 4.38. The van der Waals surface area contributed by atoms with Crippen molar-refractivity contribution in [1.29, 1.82) is 0 Å². The van der Waals surface area contributed by atoms with Crippen LogP contribution in [0, 0.1) is 0 Å². The fraction of sp³-hybridized carbons (Fsp3) is 0.182. The third kappa shape index (κ3) is 2.98. The highest BCUT2D eigenvalue weighted by Gasteiger charge is 2.17. The largest absolute Gasteiger partial charge is 0.480 e. The lowest BCUT2D eigenvalue weighted by Crippen LogP contribution is -2.42. The second kappa shape index (κ2) is 6.04. The average Bonchev–Trinajstić information content (AvgIpc) is 2.94. The number of nitrogens with zero attached hydrogens (tertiary/aromatic N) is 2. The molecule has 0 aliphatic heterocycles. The van der Waals surface area contributed by atoms with Gasteiger partial charge in [-0.05, 0) is 6.08 Å². The number of hydrogen-bond acceptors (Lipinski definition) is 5. The minimum absolute atomic E-state index is 0.248. The van der Waals surface area contributed by atoms with E-state index in [1.807, 2.05) is 5.38 Å². The van der Waals surface area contributed by atoms with Gasteiger partial charge < -0.3 is 15.5 Å². The molecule has 0 saturated heterocycles. The predicted molar refractivity (Wildman–Crippen MR) is 73.8 cm³/mol. The lowest BCUT2D eigenvalue weighted by atomic mass is 10.3. The molecule has 0 aromatic carbocycles. The second-order valence-electron chi connectivity index (χ2n) is 3.76.